The fourth-order valence-electron chi connectivity index (χ4n) is 3.64. The first-order valence-corrected chi connectivity index (χ1v) is 9.82. The van der Waals surface area contributed by atoms with Crippen LogP contribution >= 0.6 is 11.6 Å². The Morgan fingerprint density at radius 1 is 1.14 bits per heavy atom. The van der Waals surface area contributed by atoms with Crippen LogP contribution in [-0.4, -0.2) is 26.8 Å². The molecule has 4 aromatic rings. The van der Waals surface area contributed by atoms with Crippen LogP contribution in [0.2, 0.25) is 5.02 Å². The van der Waals surface area contributed by atoms with E-state index >= 15 is 0 Å². The predicted octanol–water partition coefficient (Wildman–Crippen LogP) is 3.46. The van der Waals surface area contributed by atoms with E-state index in [1.807, 2.05) is 60.0 Å². The van der Waals surface area contributed by atoms with E-state index in [0.717, 1.165) is 21.9 Å². The first kappa shape index (κ1) is 19.2. The molecule has 1 atom stereocenters. The largest absolute Gasteiger partial charge is 0.354 e. The van der Waals surface area contributed by atoms with Crippen LogP contribution in [0.3, 0.4) is 0 Å². The Balaban J connectivity index is 1.64. The summed E-state index contributed by atoms with van der Waals surface area (Å²) in [7, 11) is 1.61. The summed E-state index contributed by atoms with van der Waals surface area (Å²) < 4.78 is 3.11. The molecule has 1 amide bonds. The molecular formula is C22H21ClN4O2. The van der Waals surface area contributed by atoms with Crippen molar-refractivity contribution in [3.05, 3.63) is 75.7 Å². The minimum Gasteiger partial charge on any atom is -0.354 e. The molecule has 0 fully saturated rings. The highest BCUT2D eigenvalue weighted by molar-refractivity contribution is 6.30. The van der Waals surface area contributed by atoms with Crippen molar-refractivity contribution < 1.29 is 4.79 Å². The van der Waals surface area contributed by atoms with Crippen molar-refractivity contribution in [2.45, 2.75) is 19.4 Å². The Labute approximate surface area is 172 Å². The number of hydrogen-bond donors (Lipinski definition) is 1. The van der Waals surface area contributed by atoms with E-state index < -0.39 is 6.04 Å². The fourth-order valence-corrected chi connectivity index (χ4v) is 3.76. The molecule has 0 saturated carbocycles. The number of carbonyl (C=O) groups is 1. The number of fused-ring (bicyclic) bond motifs is 3. The lowest BCUT2D eigenvalue weighted by molar-refractivity contribution is -0.123. The molecule has 2 aromatic heterocycles. The van der Waals surface area contributed by atoms with E-state index in [1.54, 1.807) is 13.2 Å². The monoisotopic (exact) mass is 408 g/mol. The number of carbonyl (C=O) groups excluding carboxylic acids is 1. The van der Waals surface area contributed by atoms with Gasteiger partial charge in [-0.05, 0) is 37.1 Å². The van der Waals surface area contributed by atoms with E-state index in [9.17, 15) is 9.59 Å². The molecule has 0 bridgehead atoms. The Hall–Kier alpha value is -3.12. The standard InChI is InChI=1S/C22H21ClN4O2/c1-14(21(28)24-12-11-15-7-9-16(23)10-8-15)27-19-6-4-3-5-17(19)18-13-25-26(2)22(29)20(18)27/h3-10,13-14H,11-12H2,1-2H3,(H,24,28)/t14-/m1/s1. The molecule has 29 heavy (non-hydrogen) atoms. The SMILES string of the molecule is C[C@H](C(=O)NCCc1ccc(Cl)cc1)n1c2ccccc2c2cnn(C)c(=O)c21. The molecule has 0 spiro atoms. The molecule has 4 rings (SSSR count). The average molecular weight is 409 g/mol. The van der Waals surface area contributed by atoms with Crippen LogP contribution in [-0.2, 0) is 18.3 Å². The topological polar surface area (TPSA) is 68.9 Å². The third-order valence-electron chi connectivity index (χ3n) is 5.20. The van der Waals surface area contributed by atoms with Crippen molar-refractivity contribution in [2.75, 3.05) is 6.54 Å². The second-order valence-electron chi connectivity index (χ2n) is 7.07. The Kier molecular flexibility index (Phi) is 5.11. The van der Waals surface area contributed by atoms with Gasteiger partial charge in [-0.15, -0.1) is 0 Å². The second-order valence-corrected chi connectivity index (χ2v) is 7.50. The van der Waals surface area contributed by atoms with Crippen LogP contribution < -0.4 is 10.9 Å². The first-order valence-electron chi connectivity index (χ1n) is 9.44. The molecule has 1 N–H and O–H groups in total. The third-order valence-corrected chi connectivity index (χ3v) is 5.45. The number of aryl methyl sites for hydroxylation is 1. The molecule has 6 nitrogen and oxygen atoms in total. The van der Waals surface area contributed by atoms with Crippen LogP contribution in [0.1, 0.15) is 18.5 Å². The van der Waals surface area contributed by atoms with Crippen LogP contribution in [0, 0.1) is 0 Å². The Morgan fingerprint density at radius 3 is 2.62 bits per heavy atom. The maximum absolute atomic E-state index is 12.9. The molecular weight excluding hydrogens is 388 g/mol. The number of amides is 1. The summed E-state index contributed by atoms with van der Waals surface area (Å²) >= 11 is 5.91. The van der Waals surface area contributed by atoms with Gasteiger partial charge in [-0.2, -0.15) is 5.10 Å². The van der Waals surface area contributed by atoms with Gasteiger partial charge in [0.1, 0.15) is 11.6 Å². The number of benzene rings is 2. The van der Waals surface area contributed by atoms with Crippen LogP contribution in [0.5, 0.6) is 0 Å². The number of nitrogens with zero attached hydrogens (tertiary/aromatic N) is 3. The van der Waals surface area contributed by atoms with Crippen molar-refractivity contribution in [3.63, 3.8) is 0 Å². The highest BCUT2D eigenvalue weighted by atomic mass is 35.5. The molecule has 2 heterocycles. The highest BCUT2D eigenvalue weighted by Crippen LogP contribution is 2.29. The Morgan fingerprint density at radius 2 is 1.86 bits per heavy atom. The lowest BCUT2D eigenvalue weighted by Crippen LogP contribution is -2.33. The normalized spacial score (nSPS) is 12.4. The molecule has 0 saturated heterocycles. The number of aromatic nitrogens is 3. The van der Waals surface area contributed by atoms with Gasteiger partial charge in [0.25, 0.3) is 5.56 Å². The van der Waals surface area contributed by atoms with Gasteiger partial charge in [-0.25, -0.2) is 4.68 Å². The predicted molar refractivity (Wildman–Crippen MR) is 115 cm³/mol. The molecule has 2 aromatic carbocycles. The van der Waals surface area contributed by atoms with Gasteiger partial charge in [0.15, 0.2) is 0 Å². The van der Waals surface area contributed by atoms with Crippen molar-refractivity contribution >= 4 is 39.3 Å². The maximum atomic E-state index is 12.9. The van der Waals surface area contributed by atoms with Gasteiger partial charge in [0, 0.05) is 29.4 Å². The summed E-state index contributed by atoms with van der Waals surface area (Å²) in [6.07, 6.45) is 2.38. The zero-order valence-electron chi connectivity index (χ0n) is 16.2. The minimum absolute atomic E-state index is 0.138. The summed E-state index contributed by atoms with van der Waals surface area (Å²) in [6.45, 7) is 2.31. The number of para-hydroxylation sites is 1. The minimum atomic E-state index is -0.544. The van der Waals surface area contributed by atoms with E-state index in [4.69, 9.17) is 11.6 Å². The van der Waals surface area contributed by atoms with Crippen LogP contribution in [0.15, 0.2) is 59.5 Å². The van der Waals surface area contributed by atoms with E-state index in [2.05, 4.69) is 10.4 Å². The summed E-state index contributed by atoms with van der Waals surface area (Å²) in [5.74, 6) is -0.138. The molecule has 0 unspecified atom stereocenters. The second kappa shape index (κ2) is 7.72. The lowest BCUT2D eigenvalue weighted by atomic mass is 10.1. The maximum Gasteiger partial charge on any atom is 0.291 e. The summed E-state index contributed by atoms with van der Waals surface area (Å²) in [5, 5.41) is 9.48. The number of rotatable bonds is 5. The van der Waals surface area contributed by atoms with E-state index in [-0.39, 0.29) is 11.5 Å². The lowest BCUT2D eigenvalue weighted by Gasteiger charge is -2.16. The van der Waals surface area contributed by atoms with Gasteiger partial charge < -0.3 is 9.88 Å². The van der Waals surface area contributed by atoms with Gasteiger partial charge in [0.2, 0.25) is 5.91 Å². The van der Waals surface area contributed by atoms with Gasteiger partial charge >= 0.3 is 0 Å². The van der Waals surface area contributed by atoms with Crippen LogP contribution in [0.4, 0.5) is 0 Å². The Bertz CT molecular complexity index is 1260. The molecule has 0 aliphatic rings. The van der Waals surface area contributed by atoms with Gasteiger partial charge in [-0.3, -0.25) is 9.59 Å². The first-order chi connectivity index (χ1) is 14.0. The smallest absolute Gasteiger partial charge is 0.291 e. The van der Waals surface area contributed by atoms with Crippen molar-refractivity contribution in [1.29, 1.82) is 0 Å². The van der Waals surface area contributed by atoms with Crippen molar-refractivity contribution in [1.82, 2.24) is 19.7 Å². The molecule has 0 aliphatic carbocycles. The highest BCUT2D eigenvalue weighted by Gasteiger charge is 2.22. The molecule has 0 radical (unpaired) electrons. The molecule has 148 valence electrons. The fraction of sp³-hybridized carbons (Fsp3) is 0.227. The third kappa shape index (κ3) is 3.51. The van der Waals surface area contributed by atoms with Crippen molar-refractivity contribution in [3.8, 4) is 0 Å². The number of nitrogens with one attached hydrogen (secondary N) is 1. The van der Waals surface area contributed by atoms with E-state index in [1.165, 1.54) is 4.68 Å². The zero-order valence-corrected chi connectivity index (χ0v) is 17.0. The summed E-state index contributed by atoms with van der Waals surface area (Å²) in [5.41, 5.74) is 2.20. The number of hydrogen-bond acceptors (Lipinski definition) is 3. The average Bonchev–Trinajstić information content (AvgIpc) is 3.06. The quantitative estimate of drug-likeness (QED) is 0.549. The van der Waals surface area contributed by atoms with E-state index in [0.29, 0.717) is 23.5 Å². The molecule has 0 aliphatic heterocycles. The number of halogens is 1. The molecule has 7 heteroatoms. The van der Waals surface area contributed by atoms with Crippen LogP contribution in [0.25, 0.3) is 21.8 Å². The van der Waals surface area contributed by atoms with Crippen molar-refractivity contribution in [2.24, 2.45) is 7.05 Å². The summed E-state index contributed by atoms with van der Waals surface area (Å²) in [4.78, 5) is 25.7. The summed E-state index contributed by atoms with van der Waals surface area (Å²) in [6, 6.07) is 14.7. The van der Waals surface area contributed by atoms with Gasteiger partial charge in [0.05, 0.1) is 11.7 Å². The van der Waals surface area contributed by atoms with Gasteiger partial charge in [-0.1, -0.05) is 41.9 Å². The zero-order chi connectivity index (χ0) is 20.5.